The highest BCUT2D eigenvalue weighted by atomic mass is 35.5. The molecule has 1 atom stereocenters. The number of hydrogen-bond acceptors (Lipinski definition) is 4. The Morgan fingerprint density at radius 3 is 3.10 bits per heavy atom. The SMILES string of the molecule is Fc1c(Cl)cccc1CNc1cc(C2CCOC2)ncn1. The predicted octanol–water partition coefficient (Wildman–Crippen LogP) is 3.39. The van der Waals surface area contributed by atoms with E-state index >= 15 is 0 Å². The first-order valence-electron chi connectivity index (χ1n) is 6.80. The summed E-state index contributed by atoms with van der Waals surface area (Å²) in [7, 11) is 0. The van der Waals surface area contributed by atoms with E-state index in [4.69, 9.17) is 16.3 Å². The van der Waals surface area contributed by atoms with Gasteiger partial charge < -0.3 is 10.1 Å². The third-order valence-electron chi connectivity index (χ3n) is 3.53. The van der Waals surface area contributed by atoms with Gasteiger partial charge in [-0.15, -0.1) is 0 Å². The van der Waals surface area contributed by atoms with Crippen LogP contribution in [-0.4, -0.2) is 23.2 Å². The molecular weight excluding hydrogens is 293 g/mol. The van der Waals surface area contributed by atoms with Crippen molar-refractivity contribution in [3.05, 3.63) is 52.7 Å². The second-order valence-electron chi connectivity index (χ2n) is 4.96. The molecule has 2 heterocycles. The Kier molecular flexibility index (Phi) is 4.31. The Labute approximate surface area is 127 Å². The largest absolute Gasteiger partial charge is 0.381 e. The lowest BCUT2D eigenvalue weighted by atomic mass is 10.1. The van der Waals surface area contributed by atoms with Crippen molar-refractivity contribution in [1.29, 1.82) is 0 Å². The molecule has 1 fully saturated rings. The number of anilines is 1. The number of halogens is 2. The first-order chi connectivity index (χ1) is 10.2. The van der Waals surface area contributed by atoms with Gasteiger partial charge in [-0.25, -0.2) is 14.4 Å². The van der Waals surface area contributed by atoms with Crippen molar-refractivity contribution in [2.75, 3.05) is 18.5 Å². The first kappa shape index (κ1) is 14.2. The minimum atomic E-state index is -0.398. The second kappa shape index (κ2) is 6.37. The molecular formula is C15H15ClFN3O. The molecule has 21 heavy (non-hydrogen) atoms. The molecule has 0 spiro atoms. The van der Waals surface area contributed by atoms with E-state index in [1.54, 1.807) is 12.1 Å². The maximum Gasteiger partial charge on any atom is 0.146 e. The van der Waals surface area contributed by atoms with Crippen molar-refractivity contribution in [2.24, 2.45) is 0 Å². The van der Waals surface area contributed by atoms with Gasteiger partial charge in [0.2, 0.25) is 0 Å². The third-order valence-corrected chi connectivity index (χ3v) is 3.82. The quantitative estimate of drug-likeness (QED) is 0.940. The number of hydrogen-bond donors (Lipinski definition) is 1. The average Bonchev–Trinajstić information content (AvgIpc) is 3.03. The molecule has 4 nitrogen and oxygen atoms in total. The summed E-state index contributed by atoms with van der Waals surface area (Å²) in [5.41, 5.74) is 1.46. The molecule has 0 aliphatic carbocycles. The summed E-state index contributed by atoms with van der Waals surface area (Å²) in [5.74, 6) is 0.591. The Bertz CT molecular complexity index is 632. The lowest BCUT2D eigenvalue weighted by Crippen LogP contribution is -2.07. The zero-order chi connectivity index (χ0) is 14.7. The Hall–Kier alpha value is -1.72. The van der Waals surface area contributed by atoms with E-state index in [1.165, 1.54) is 12.4 Å². The number of benzene rings is 1. The Morgan fingerprint density at radius 1 is 1.38 bits per heavy atom. The summed E-state index contributed by atoms with van der Waals surface area (Å²) >= 11 is 5.76. The van der Waals surface area contributed by atoms with Crippen LogP contribution < -0.4 is 5.32 Å². The molecule has 0 amide bonds. The average molecular weight is 308 g/mol. The van der Waals surface area contributed by atoms with Crippen molar-refractivity contribution in [1.82, 2.24) is 9.97 Å². The van der Waals surface area contributed by atoms with E-state index in [1.807, 2.05) is 6.07 Å². The standard InChI is InChI=1S/C15H15ClFN3O/c16-12-3-1-2-10(15(12)17)7-18-14-6-13(19-9-20-14)11-4-5-21-8-11/h1-3,6,9,11H,4-5,7-8H2,(H,18,19,20). The number of rotatable bonds is 4. The van der Waals surface area contributed by atoms with E-state index in [0.29, 0.717) is 30.5 Å². The van der Waals surface area contributed by atoms with E-state index < -0.39 is 5.82 Å². The van der Waals surface area contributed by atoms with Crippen molar-refractivity contribution < 1.29 is 9.13 Å². The van der Waals surface area contributed by atoms with Crippen LogP contribution in [0.2, 0.25) is 5.02 Å². The number of aromatic nitrogens is 2. The molecule has 1 aliphatic rings. The summed E-state index contributed by atoms with van der Waals surface area (Å²) < 4.78 is 19.2. The van der Waals surface area contributed by atoms with Crippen molar-refractivity contribution in [3.63, 3.8) is 0 Å². The summed E-state index contributed by atoms with van der Waals surface area (Å²) in [6, 6.07) is 6.84. The minimum Gasteiger partial charge on any atom is -0.381 e. The first-order valence-corrected chi connectivity index (χ1v) is 7.18. The highest BCUT2D eigenvalue weighted by Crippen LogP contribution is 2.24. The summed E-state index contributed by atoms with van der Waals surface area (Å²) in [6.07, 6.45) is 2.49. The fraction of sp³-hybridized carbons (Fsp3) is 0.333. The van der Waals surface area contributed by atoms with Gasteiger partial charge in [0.1, 0.15) is 18.0 Å². The van der Waals surface area contributed by atoms with Crippen molar-refractivity contribution >= 4 is 17.4 Å². The topological polar surface area (TPSA) is 47.0 Å². The predicted molar refractivity (Wildman–Crippen MR) is 78.9 cm³/mol. The normalized spacial score (nSPS) is 17.9. The lowest BCUT2D eigenvalue weighted by molar-refractivity contribution is 0.193. The van der Waals surface area contributed by atoms with E-state index in [9.17, 15) is 4.39 Å². The third kappa shape index (κ3) is 3.31. The van der Waals surface area contributed by atoms with E-state index in [0.717, 1.165) is 18.7 Å². The number of nitrogens with one attached hydrogen (secondary N) is 1. The fourth-order valence-electron chi connectivity index (χ4n) is 2.33. The second-order valence-corrected chi connectivity index (χ2v) is 5.36. The van der Waals surface area contributed by atoms with Gasteiger partial charge in [-0.3, -0.25) is 0 Å². The van der Waals surface area contributed by atoms with Gasteiger partial charge in [-0.1, -0.05) is 23.7 Å². The summed E-state index contributed by atoms with van der Waals surface area (Å²) in [6.45, 7) is 1.79. The molecule has 110 valence electrons. The molecule has 1 aromatic heterocycles. The molecule has 1 saturated heterocycles. The van der Waals surface area contributed by atoms with Gasteiger partial charge >= 0.3 is 0 Å². The van der Waals surface area contributed by atoms with Crippen LogP contribution in [0.3, 0.4) is 0 Å². The van der Waals surface area contributed by atoms with Crippen LogP contribution in [0.1, 0.15) is 23.6 Å². The van der Waals surface area contributed by atoms with E-state index in [-0.39, 0.29) is 5.02 Å². The van der Waals surface area contributed by atoms with Gasteiger partial charge in [0.25, 0.3) is 0 Å². The van der Waals surface area contributed by atoms with Crippen LogP contribution in [0.5, 0.6) is 0 Å². The Balaban J connectivity index is 1.70. The van der Waals surface area contributed by atoms with Crippen LogP contribution in [0.15, 0.2) is 30.6 Å². The van der Waals surface area contributed by atoms with Crippen molar-refractivity contribution in [2.45, 2.75) is 18.9 Å². The van der Waals surface area contributed by atoms with Crippen molar-refractivity contribution in [3.8, 4) is 0 Å². The summed E-state index contributed by atoms with van der Waals surface area (Å²) in [4.78, 5) is 8.44. The van der Waals surface area contributed by atoms with Crippen LogP contribution >= 0.6 is 11.6 Å². The number of ether oxygens (including phenoxy) is 1. The molecule has 1 unspecified atom stereocenters. The van der Waals surface area contributed by atoms with E-state index in [2.05, 4.69) is 15.3 Å². The molecule has 0 saturated carbocycles. The Morgan fingerprint density at radius 2 is 2.29 bits per heavy atom. The lowest BCUT2D eigenvalue weighted by Gasteiger charge is -2.10. The minimum absolute atomic E-state index is 0.126. The van der Waals surface area contributed by atoms with Gasteiger partial charge in [-0.05, 0) is 12.5 Å². The van der Waals surface area contributed by atoms with Crippen LogP contribution in [-0.2, 0) is 11.3 Å². The molecule has 0 radical (unpaired) electrons. The fourth-order valence-corrected chi connectivity index (χ4v) is 2.52. The van der Waals surface area contributed by atoms with Gasteiger partial charge in [0, 0.05) is 30.7 Å². The molecule has 3 rings (SSSR count). The molecule has 6 heteroatoms. The van der Waals surface area contributed by atoms with Gasteiger partial charge in [-0.2, -0.15) is 0 Å². The molecule has 1 aliphatic heterocycles. The van der Waals surface area contributed by atoms with Crippen LogP contribution in [0.4, 0.5) is 10.2 Å². The van der Waals surface area contributed by atoms with Crippen LogP contribution in [0, 0.1) is 5.82 Å². The zero-order valence-electron chi connectivity index (χ0n) is 11.4. The smallest absolute Gasteiger partial charge is 0.146 e. The monoisotopic (exact) mass is 307 g/mol. The van der Waals surface area contributed by atoms with Crippen LogP contribution in [0.25, 0.3) is 0 Å². The molecule has 1 N–H and O–H groups in total. The maximum atomic E-state index is 13.8. The van der Waals surface area contributed by atoms with Gasteiger partial charge in [0.05, 0.1) is 17.3 Å². The zero-order valence-corrected chi connectivity index (χ0v) is 12.1. The molecule has 1 aromatic carbocycles. The molecule has 0 bridgehead atoms. The molecule has 2 aromatic rings. The highest BCUT2D eigenvalue weighted by molar-refractivity contribution is 6.30. The maximum absolute atomic E-state index is 13.8. The highest BCUT2D eigenvalue weighted by Gasteiger charge is 2.19. The summed E-state index contributed by atoms with van der Waals surface area (Å²) in [5, 5.41) is 3.23. The number of nitrogens with zero attached hydrogens (tertiary/aromatic N) is 2. The van der Waals surface area contributed by atoms with Gasteiger partial charge in [0.15, 0.2) is 0 Å².